The zero-order valence-corrected chi connectivity index (χ0v) is 17.7. The number of nitrogens with two attached hydrogens (primary N) is 1. The summed E-state index contributed by atoms with van der Waals surface area (Å²) in [5.41, 5.74) is 5.79. The van der Waals surface area contributed by atoms with E-state index >= 15 is 0 Å². The van der Waals surface area contributed by atoms with Crippen LogP contribution in [0, 0.1) is 11.7 Å². The maximum atomic E-state index is 13.0. The number of fused-ring (bicyclic) bond motifs is 1. The van der Waals surface area contributed by atoms with E-state index in [1.807, 2.05) is 0 Å². The number of thiazole rings is 1. The number of amidine groups is 1. The molecule has 2 aliphatic heterocycles. The topological polar surface area (TPSA) is 127 Å². The second kappa shape index (κ2) is 9.54. The smallest absolute Gasteiger partial charge is 0.290 e. The third-order valence-corrected chi connectivity index (χ3v) is 6.81. The first-order valence-electron chi connectivity index (χ1n) is 9.08. The summed E-state index contributed by atoms with van der Waals surface area (Å²) in [4.78, 5) is 30.0. The van der Waals surface area contributed by atoms with Crippen LogP contribution in [-0.2, 0) is 15.1 Å². The Morgan fingerprint density at radius 3 is 2.83 bits per heavy atom. The normalized spacial score (nSPS) is 25.2. The molecule has 1 aromatic carbocycles. The Morgan fingerprint density at radius 1 is 1.43 bits per heavy atom. The van der Waals surface area contributed by atoms with Crippen LogP contribution >= 0.6 is 23.1 Å². The number of amides is 1. The van der Waals surface area contributed by atoms with Crippen molar-refractivity contribution in [2.45, 2.75) is 25.0 Å². The van der Waals surface area contributed by atoms with Gasteiger partial charge in [-0.3, -0.25) is 9.59 Å². The van der Waals surface area contributed by atoms with Crippen LogP contribution in [0.3, 0.4) is 0 Å². The van der Waals surface area contributed by atoms with Crippen LogP contribution in [-0.4, -0.2) is 46.1 Å². The molecule has 8 nitrogen and oxygen atoms in total. The quantitative estimate of drug-likeness (QED) is 0.611. The van der Waals surface area contributed by atoms with E-state index in [2.05, 4.69) is 17.2 Å². The van der Waals surface area contributed by atoms with Gasteiger partial charge in [0.1, 0.15) is 22.2 Å². The highest BCUT2D eigenvalue weighted by atomic mass is 32.2. The van der Waals surface area contributed by atoms with Crippen LogP contribution in [0.4, 0.5) is 10.2 Å². The molecule has 11 heteroatoms. The van der Waals surface area contributed by atoms with E-state index in [0.717, 1.165) is 17.2 Å². The number of carboxylic acid groups (broad SMARTS) is 1. The molecule has 4 N–H and O–H groups in total. The fraction of sp³-hybridized carbons (Fsp3) is 0.368. The molecular formula is C19H21FN4O4S2. The van der Waals surface area contributed by atoms with Crippen molar-refractivity contribution in [3.8, 4) is 0 Å². The minimum Gasteiger partial charge on any atom is -0.483 e. The van der Waals surface area contributed by atoms with Gasteiger partial charge >= 0.3 is 0 Å². The summed E-state index contributed by atoms with van der Waals surface area (Å²) in [6, 6.07) is 5.38. The molecule has 3 heterocycles. The standard InChI is InChI=1S/C18H19FN4O2S2.CH2O2/c1-10-6-12-7-27-17(20)23-18(12,9-25-10)16-22-14(8-26-16)21-15(24)11-2-4-13(19)5-3-11;2-1-3/h2-5,8,10,12H,6-7,9H2,1H3,(H2,20,23)(H,21,24);1H,(H,2,3)/t10-,12-,18-;/m0./s1. The van der Waals surface area contributed by atoms with Gasteiger partial charge in [0.05, 0.1) is 12.7 Å². The highest BCUT2D eigenvalue weighted by Crippen LogP contribution is 2.47. The summed E-state index contributed by atoms with van der Waals surface area (Å²) in [5, 5.41) is 12.8. The van der Waals surface area contributed by atoms with Gasteiger partial charge in [-0.15, -0.1) is 11.3 Å². The van der Waals surface area contributed by atoms with E-state index in [-0.39, 0.29) is 30.2 Å². The molecule has 3 atom stereocenters. The van der Waals surface area contributed by atoms with E-state index in [1.54, 1.807) is 17.1 Å². The van der Waals surface area contributed by atoms with Crippen molar-refractivity contribution < 1.29 is 23.8 Å². The minimum atomic E-state index is -0.592. The Morgan fingerprint density at radius 2 is 2.13 bits per heavy atom. The molecule has 30 heavy (non-hydrogen) atoms. The van der Waals surface area contributed by atoms with Gasteiger partial charge in [0.2, 0.25) is 0 Å². The lowest BCUT2D eigenvalue weighted by Crippen LogP contribution is -2.49. The number of benzene rings is 1. The van der Waals surface area contributed by atoms with Crippen molar-refractivity contribution in [2.24, 2.45) is 16.6 Å². The van der Waals surface area contributed by atoms with E-state index in [1.165, 1.54) is 35.6 Å². The number of hydrogen-bond donors (Lipinski definition) is 3. The maximum absolute atomic E-state index is 13.0. The second-order valence-electron chi connectivity index (χ2n) is 6.84. The lowest BCUT2D eigenvalue weighted by Gasteiger charge is -2.44. The fourth-order valence-electron chi connectivity index (χ4n) is 3.40. The van der Waals surface area contributed by atoms with Gasteiger partial charge in [-0.2, -0.15) is 0 Å². The number of nitrogens with one attached hydrogen (secondary N) is 1. The van der Waals surface area contributed by atoms with Gasteiger partial charge in [0.25, 0.3) is 12.4 Å². The van der Waals surface area contributed by atoms with Gasteiger partial charge in [0, 0.05) is 22.6 Å². The van der Waals surface area contributed by atoms with E-state index < -0.39 is 5.54 Å². The maximum Gasteiger partial charge on any atom is 0.290 e. The van der Waals surface area contributed by atoms with Crippen LogP contribution in [0.5, 0.6) is 0 Å². The first kappa shape index (κ1) is 22.2. The lowest BCUT2D eigenvalue weighted by molar-refractivity contribution is -0.122. The number of thioether (sulfide) groups is 1. The Labute approximate surface area is 180 Å². The molecule has 160 valence electrons. The Balaban J connectivity index is 0.000000806. The first-order chi connectivity index (χ1) is 14.4. The summed E-state index contributed by atoms with van der Waals surface area (Å²) in [7, 11) is 0. The van der Waals surface area contributed by atoms with Gasteiger partial charge in [0.15, 0.2) is 5.17 Å². The molecule has 0 aliphatic carbocycles. The van der Waals surface area contributed by atoms with Crippen molar-refractivity contribution >= 4 is 46.5 Å². The molecule has 0 spiro atoms. The molecule has 1 fully saturated rings. The number of hydrogen-bond acceptors (Lipinski definition) is 8. The van der Waals surface area contributed by atoms with E-state index in [0.29, 0.717) is 23.2 Å². The monoisotopic (exact) mass is 452 g/mol. The number of aliphatic imine (C=N–C) groups is 1. The number of anilines is 1. The SMILES string of the molecule is C[C@H]1C[C@H]2CSC(N)=N[C@@]2(c2nc(NC(=O)c3ccc(F)cc3)cs2)CO1.O=CO. The van der Waals surface area contributed by atoms with Gasteiger partial charge in [-0.25, -0.2) is 14.4 Å². The highest BCUT2D eigenvalue weighted by molar-refractivity contribution is 8.13. The molecule has 2 aliphatic rings. The molecule has 1 aromatic heterocycles. The fourth-order valence-corrected chi connectivity index (χ4v) is 5.37. The molecule has 2 aromatic rings. The van der Waals surface area contributed by atoms with Crippen molar-refractivity contribution in [3.63, 3.8) is 0 Å². The van der Waals surface area contributed by atoms with Crippen molar-refractivity contribution in [1.82, 2.24) is 4.98 Å². The minimum absolute atomic E-state index is 0.177. The summed E-state index contributed by atoms with van der Waals surface area (Å²) in [6.07, 6.45) is 1.07. The molecule has 1 amide bonds. The molecule has 0 radical (unpaired) electrons. The Bertz CT molecular complexity index is 937. The summed E-state index contributed by atoms with van der Waals surface area (Å²) in [5.74, 6) is 0.884. The summed E-state index contributed by atoms with van der Waals surface area (Å²) >= 11 is 3.00. The predicted molar refractivity (Wildman–Crippen MR) is 114 cm³/mol. The number of carbonyl (C=O) groups excluding carboxylic acids is 1. The van der Waals surface area contributed by atoms with Crippen LogP contribution < -0.4 is 11.1 Å². The molecule has 1 saturated heterocycles. The van der Waals surface area contributed by atoms with Crippen molar-refractivity contribution in [3.05, 3.63) is 46.0 Å². The number of aromatic nitrogens is 1. The van der Waals surface area contributed by atoms with Gasteiger partial charge in [-0.1, -0.05) is 11.8 Å². The Kier molecular flexibility index (Phi) is 7.06. The van der Waals surface area contributed by atoms with Crippen molar-refractivity contribution in [1.29, 1.82) is 0 Å². The molecule has 0 unspecified atom stereocenters. The molecular weight excluding hydrogens is 431 g/mol. The van der Waals surface area contributed by atoms with E-state index in [9.17, 15) is 9.18 Å². The van der Waals surface area contributed by atoms with E-state index in [4.69, 9.17) is 25.4 Å². The number of nitrogens with zero attached hydrogens (tertiary/aromatic N) is 2. The summed E-state index contributed by atoms with van der Waals surface area (Å²) in [6.45, 7) is 2.24. The third kappa shape index (κ3) is 4.79. The second-order valence-corrected chi connectivity index (χ2v) is 8.74. The van der Waals surface area contributed by atoms with Crippen LogP contribution in [0.25, 0.3) is 0 Å². The highest BCUT2D eigenvalue weighted by Gasteiger charge is 2.49. The summed E-state index contributed by atoms with van der Waals surface area (Å²) < 4.78 is 18.9. The number of ether oxygens (including phenoxy) is 1. The van der Waals surface area contributed by atoms with Crippen LogP contribution in [0.2, 0.25) is 0 Å². The van der Waals surface area contributed by atoms with Crippen LogP contribution in [0.15, 0.2) is 34.6 Å². The average molecular weight is 453 g/mol. The number of halogens is 1. The third-order valence-electron chi connectivity index (χ3n) is 4.84. The predicted octanol–water partition coefficient (Wildman–Crippen LogP) is 2.92. The lowest BCUT2D eigenvalue weighted by atomic mass is 9.80. The van der Waals surface area contributed by atoms with Crippen molar-refractivity contribution in [2.75, 3.05) is 17.7 Å². The molecule has 0 saturated carbocycles. The molecule has 4 rings (SSSR count). The number of carbonyl (C=O) groups is 2. The zero-order chi connectivity index (χ0) is 21.7. The average Bonchev–Trinajstić information content (AvgIpc) is 3.18. The van der Waals surface area contributed by atoms with Gasteiger partial charge in [-0.05, 0) is 37.6 Å². The van der Waals surface area contributed by atoms with Gasteiger partial charge < -0.3 is 20.9 Å². The zero-order valence-electron chi connectivity index (χ0n) is 16.1. The molecule has 0 bridgehead atoms. The largest absolute Gasteiger partial charge is 0.483 e. The number of rotatable bonds is 3. The first-order valence-corrected chi connectivity index (χ1v) is 10.9. The van der Waals surface area contributed by atoms with Crippen LogP contribution in [0.1, 0.15) is 28.7 Å². The Hall–Kier alpha value is -2.50.